The van der Waals surface area contributed by atoms with Gasteiger partial charge in [-0.2, -0.15) is 13.2 Å². The number of halogens is 3. The van der Waals surface area contributed by atoms with Gasteiger partial charge >= 0.3 is 12.1 Å². The molecule has 1 N–H and O–H groups in total. The van der Waals surface area contributed by atoms with Crippen LogP contribution >= 0.6 is 11.8 Å². The summed E-state index contributed by atoms with van der Waals surface area (Å²) in [5.41, 5.74) is 2.87. The average Bonchev–Trinajstić information content (AvgIpc) is 3.47. The summed E-state index contributed by atoms with van der Waals surface area (Å²) < 4.78 is 51.3. The minimum Gasteiger partial charge on any atom is -0.440 e. The zero-order valence-corrected chi connectivity index (χ0v) is 19.5. The summed E-state index contributed by atoms with van der Waals surface area (Å²) in [6.07, 6.45) is 0.307. The van der Waals surface area contributed by atoms with Crippen LogP contribution in [0.15, 0.2) is 32.5 Å². The number of aromatic nitrogens is 5. The number of rotatable bonds is 6. The van der Waals surface area contributed by atoms with E-state index < -0.39 is 12.1 Å². The Morgan fingerprint density at radius 2 is 2.12 bits per heavy atom. The van der Waals surface area contributed by atoms with E-state index in [-0.39, 0.29) is 5.58 Å². The Labute approximate surface area is 197 Å². The molecule has 0 amide bonds. The highest BCUT2D eigenvalue weighted by Gasteiger charge is 2.38. The molecule has 12 heteroatoms. The number of anilines is 1. The molecule has 0 bridgehead atoms. The van der Waals surface area contributed by atoms with Crippen LogP contribution < -0.4 is 5.32 Å². The molecule has 180 valence electrons. The molecule has 4 aromatic rings. The van der Waals surface area contributed by atoms with E-state index in [0.29, 0.717) is 29.4 Å². The van der Waals surface area contributed by atoms with Crippen molar-refractivity contribution >= 4 is 28.5 Å². The predicted octanol–water partition coefficient (Wildman–Crippen LogP) is 5.49. The molecule has 1 aliphatic rings. The number of benzene rings is 1. The van der Waals surface area contributed by atoms with Crippen LogP contribution in [-0.2, 0) is 19.6 Å². The summed E-state index contributed by atoms with van der Waals surface area (Å²) in [6.45, 7) is 2.63. The second-order valence-electron chi connectivity index (χ2n) is 8.36. The smallest absolute Gasteiger partial charge is 0.440 e. The van der Waals surface area contributed by atoms with Crippen molar-refractivity contribution in [2.75, 3.05) is 17.6 Å². The lowest BCUT2D eigenvalue weighted by molar-refractivity contribution is -0.156. The number of nitrogens with one attached hydrogen (secondary N) is 1. The molecule has 4 heterocycles. The first-order valence-corrected chi connectivity index (χ1v) is 12.0. The number of thioether (sulfide) groups is 1. The van der Waals surface area contributed by atoms with Crippen molar-refractivity contribution in [2.24, 2.45) is 13.0 Å². The minimum atomic E-state index is -4.60. The Hall–Kier alpha value is -3.02. The number of nitrogens with zero attached hydrogens (tertiary/aromatic N) is 5. The van der Waals surface area contributed by atoms with Gasteiger partial charge in [0.1, 0.15) is 5.52 Å². The molecule has 5 rings (SSSR count). The minimum absolute atomic E-state index is 0.172. The Morgan fingerprint density at radius 1 is 1.26 bits per heavy atom. The highest BCUT2D eigenvalue weighted by Crippen LogP contribution is 2.36. The van der Waals surface area contributed by atoms with E-state index in [1.54, 1.807) is 23.9 Å². The lowest BCUT2D eigenvalue weighted by Crippen LogP contribution is -2.12. The predicted molar refractivity (Wildman–Crippen MR) is 121 cm³/mol. The van der Waals surface area contributed by atoms with Crippen molar-refractivity contribution in [3.8, 4) is 11.6 Å². The van der Waals surface area contributed by atoms with Crippen molar-refractivity contribution < 1.29 is 22.0 Å². The first-order valence-electron chi connectivity index (χ1n) is 11.0. The molecule has 0 aliphatic carbocycles. The second kappa shape index (κ2) is 8.97. The number of aryl methyl sites for hydroxylation is 2. The standard InChI is InChI=1S/C22H23F3N6O2S/c1-12-18(32-11-27-12)19-29-30-21(31(19)2)34-9-3-4-13-5-6-14-15(26-10-13)7-8-16-17(14)28-20(33-16)22(23,24)25/h7-8,11,13,26H,3-6,9-10H2,1-2H3. The van der Waals surface area contributed by atoms with Gasteiger partial charge in [-0.15, -0.1) is 10.2 Å². The Morgan fingerprint density at radius 3 is 2.88 bits per heavy atom. The second-order valence-corrected chi connectivity index (χ2v) is 9.43. The van der Waals surface area contributed by atoms with E-state index in [2.05, 4.69) is 25.5 Å². The van der Waals surface area contributed by atoms with Crippen molar-refractivity contribution in [1.82, 2.24) is 24.7 Å². The first-order chi connectivity index (χ1) is 16.3. The molecule has 3 aromatic heterocycles. The quantitative estimate of drug-likeness (QED) is 0.279. The number of oxazole rings is 2. The molecule has 1 aliphatic heterocycles. The van der Waals surface area contributed by atoms with E-state index in [0.717, 1.165) is 53.7 Å². The van der Waals surface area contributed by atoms with Crippen LogP contribution in [0, 0.1) is 12.8 Å². The molecule has 0 radical (unpaired) electrons. The van der Waals surface area contributed by atoms with Gasteiger partial charge < -0.3 is 18.7 Å². The maximum atomic E-state index is 13.0. The van der Waals surface area contributed by atoms with Gasteiger partial charge in [-0.1, -0.05) is 11.8 Å². The van der Waals surface area contributed by atoms with Gasteiger partial charge in [-0.25, -0.2) is 9.97 Å². The molecule has 0 saturated heterocycles. The maximum absolute atomic E-state index is 13.0. The van der Waals surface area contributed by atoms with Gasteiger partial charge in [0.25, 0.3) is 0 Å². The number of alkyl halides is 3. The van der Waals surface area contributed by atoms with Gasteiger partial charge in [-0.3, -0.25) is 0 Å². The molecule has 0 spiro atoms. The van der Waals surface area contributed by atoms with E-state index in [1.165, 1.54) is 6.39 Å². The molecule has 1 aromatic carbocycles. The van der Waals surface area contributed by atoms with E-state index in [9.17, 15) is 13.2 Å². The summed E-state index contributed by atoms with van der Waals surface area (Å²) in [6, 6.07) is 3.33. The molecule has 1 unspecified atom stereocenters. The van der Waals surface area contributed by atoms with Crippen LogP contribution in [0.2, 0.25) is 0 Å². The van der Waals surface area contributed by atoms with Crippen molar-refractivity contribution in [3.63, 3.8) is 0 Å². The summed E-state index contributed by atoms with van der Waals surface area (Å²) in [4.78, 5) is 7.85. The fourth-order valence-corrected chi connectivity index (χ4v) is 5.10. The van der Waals surface area contributed by atoms with Crippen LogP contribution in [0.4, 0.5) is 18.9 Å². The largest absolute Gasteiger partial charge is 0.468 e. The van der Waals surface area contributed by atoms with Crippen LogP contribution in [0.1, 0.15) is 36.4 Å². The number of hydrogen-bond acceptors (Lipinski definition) is 8. The SMILES string of the molecule is Cc1ncoc1-c1nnc(SCCCC2CCc3c(ccc4oc(C(F)(F)F)nc34)NC2)n1C. The average molecular weight is 493 g/mol. The third-order valence-electron chi connectivity index (χ3n) is 6.06. The van der Waals surface area contributed by atoms with Gasteiger partial charge in [0.15, 0.2) is 22.9 Å². The van der Waals surface area contributed by atoms with Crippen LogP contribution in [0.5, 0.6) is 0 Å². The molecule has 0 fully saturated rings. The van der Waals surface area contributed by atoms with E-state index in [1.807, 2.05) is 18.5 Å². The first kappa shape index (κ1) is 22.8. The zero-order valence-electron chi connectivity index (χ0n) is 18.6. The lowest BCUT2D eigenvalue weighted by Gasteiger charge is -2.14. The van der Waals surface area contributed by atoms with Crippen LogP contribution in [-0.4, -0.2) is 37.0 Å². The lowest BCUT2D eigenvalue weighted by atomic mass is 9.96. The van der Waals surface area contributed by atoms with Gasteiger partial charge in [-0.05, 0) is 50.7 Å². The van der Waals surface area contributed by atoms with Crippen molar-refractivity contribution in [3.05, 3.63) is 35.7 Å². The summed E-state index contributed by atoms with van der Waals surface area (Å²) in [5, 5.41) is 12.7. The zero-order chi connectivity index (χ0) is 23.9. The molecular formula is C22H23F3N6O2S. The fourth-order valence-electron chi connectivity index (χ4n) is 4.23. The topological polar surface area (TPSA) is 94.8 Å². The third kappa shape index (κ3) is 4.38. The van der Waals surface area contributed by atoms with Crippen molar-refractivity contribution in [1.29, 1.82) is 0 Å². The third-order valence-corrected chi connectivity index (χ3v) is 7.17. The molecule has 34 heavy (non-hydrogen) atoms. The molecule has 1 atom stereocenters. The highest BCUT2D eigenvalue weighted by molar-refractivity contribution is 7.99. The normalized spacial score (nSPS) is 16.4. The summed E-state index contributed by atoms with van der Waals surface area (Å²) >= 11 is 1.64. The monoisotopic (exact) mass is 492 g/mol. The van der Waals surface area contributed by atoms with E-state index in [4.69, 9.17) is 8.83 Å². The van der Waals surface area contributed by atoms with Crippen molar-refractivity contribution in [2.45, 2.75) is 43.9 Å². The Bertz CT molecular complexity index is 1310. The van der Waals surface area contributed by atoms with Crippen LogP contribution in [0.25, 0.3) is 22.7 Å². The molecular weight excluding hydrogens is 469 g/mol. The maximum Gasteiger partial charge on any atom is 0.468 e. The summed E-state index contributed by atoms with van der Waals surface area (Å²) in [5.74, 6) is 1.36. The Balaban J connectivity index is 1.17. The van der Waals surface area contributed by atoms with E-state index >= 15 is 0 Å². The number of fused-ring (bicyclic) bond motifs is 3. The highest BCUT2D eigenvalue weighted by atomic mass is 32.2. The molecule has 0 saturated carbocycles. The Kier molecular flexibility index (Phi) is 6.00. The fraction of sp³-hybridized carbons (Fsp3) is 0.455. The molecule has 8 nitrogen and oxygen atoms in total. The summed E-state index contributed by atoms with van der Waals surface area (Å²) in [7, 11) is 1.90. The number of hydrogen-bond donors (Lipinski definition) is 1. The van der Waals surface area contributed by atoms with Gasteiger partial charge in [0.2, 0.25) is 5.82 Å². The van der Waals surface area contributed by atoms with Crippen LogP contribution in [0.3, 0.4) is 0 Å². The van der Waals surface area contributed by atoms with Gasteiger partial charge in [0, 0.05) is 30.6 Å². The van der Waals surface area contributed by atoms with Gasteiger partial charge in [0.05, 0.1) is 5.69 Å².